The van der Waals surface area contributed by atoms with Gasteiger partial charge in [-0.3, -0.25) is 9.59 Å². The normalized spacial score (nSPS) is 19.7. The van der Waals surface area contributed by atoms with Crippen LogP contribution in [0.4, 0.5) is 8.78 Å². The van der Waals surface area contributed by atoms with Gasteiger partial charge in [0.15, 0.2) is 0 Å². The van der Waals surface area contributed by atoms with Crippen molar-refractivity contribution in [3.63, 3.8) is 0 Å². The molecule has 1 unspecified atom stereocenters. The minimum atomic E-state index is -2.80. The Morgan fingerprint density at radius 2 is 2.21 bits per heavy atom. The summed E-state index contributed by atoms with van der Waals surface area (Å²) in [6.45, 7) is -2.26. The quantitative estimate of drug-likeness (QED) is 0.898. The lowest BCUT2D eigenvalue weighted by molar-refractivity contribution is -0.143. The Kier molecular flexibility index (Phi) is 3.77. The molecular formula is C11H13F2N3O3. The van der Waals surface area contributed by atoms with Crippen LogP contribution in [0.2, 0.25) is 0 Å². The van der Waals surface area contributed by atoms with Gasteiger partial charge in [-0.05, 0) is 12.8 Å². The summed E-state index contributed by atoms with van der Waals surface area (Å²) in [4.78, 5) is 24.3. The van der Waals surface area contributed by atoms with Crippen molar-refractivity contribution in [1.29, 1.82) is 0 Å². The van der Waals surface area contributed by atoms with Crippen molar-refractivity contribution < 1.29 is 23.5 Å². The second-order valence-electron chi connectivity index (χ2n) is 4.42. The highest BCUT2D eigenvalue weighted by Gasteiger charge is 2.29. The first kappa shape index (κ1) is 13.4. The zero-order chi connectivity index (χ0) is 14.0. The predicted molar refractivity (Wildman–Crippen MR) is 59.7 cm³/mol. The molecule has 1 aromatic rings. The molecule has 1 aliphatic heterocycles. The minimum Gasteiger partial charge on any atom is -0.481 e. The first-order valence-corrected chi connectivity index (χ1v) is 5.83. The van der Waals surface area contributed by atoms with E-state index in [4.69, 9.17) is 5.11 Å². The van der Waals surface area contributed by atoms with E-state index in [1.807, 2.05) is 0 Å². The third-order valence-electron chi connectivity index (χ3n) is 3.11. The smallest absolute Gasteiger partial charge is 0.333 e. The number of carboxylic acid groups (broad SMARTS) is 1. The average Bonchev–Trinajstić information content (AvgIpc) is 2.87. The minimum absolute atomic E-state index is 0.0475. The lowest BCUT2D eigenvalue weighted by Crippen LogP contribution is -2.42. The molecule has 6 nitrogen and oxygen atoms in total. The molecule has 8 heteroatoms. The van der Waals surface area contributed by atoms with E-state index in [-0.39, 0.29) is 12.1 Å². The number of carbonyl (C=O) groups excluding carboxylic acids is 1. The number of amides is 1. The summed E-state index contributed by atoms with van der Waals surface area (Å²) >= 11 is 0. The predicted octanol–water partition coefficient (Wildman–Crippen LogP) is 1.21. The summed E-state index contributed by atoms with van der Waals surface area (Å²) in [7, 11) is 0. The topological polar surface area (TPSA) is 75.4 Å². The molecule has 0 spiro atoms. The Balaban J connectivity index is 2.08. The SMILES string of the molecule is O=C(O)C1CCCN(C(=O)c2cnn(C(F)F)c2)C1. The number of piperidine rings is 1. The molecule has 1 aliphatic rings. The molecule has 0 saturated carbocycles. The molecule has 1 amide bonds. The number of hydrogen-bond donors (Lipinski definition) is 1. The summed E-state index contributed by atoms with van der Waals surface area (Å²) in [5.41, 5.74) is 0.0475. The van der Waals surface area contributed by atoms with Crippen LogP contribution >= 0.6 is 0 Å². The van der Waals surface area contributed by atoms with Crippen molar-refractivity contribution in [3.8, 4) is 0 Å². The Labute approximate surface area is 107 Å². The number of rotatable bonds is 3. The Bertz CT molecular complexity index is 489. The van der Waals surface area contributed by atoms with E-state index in [0.717, 1.165) is 12.4 Å². The van der Waals surface area contributed by atoms with Gasteiger partial charge in [0.2, 0.25) is 0 Å². The van der Waals surface area contributed by atoms with Crippen LogP contribution in [-0.4, -0.2) is 44.8 Å². The Morgan fingerprint density at radius 1 is 1.47 bits per heavy atom. The third kappa shape index (κ3) is 2.88. The highest BCUT2D eigenvalue weighted by molar-refractivity contribution is 5.94. The molecule has 104 valence electrons. The second kappa shape index (κ2) is 5.33. The van der Waals surface area contributed by atoms with Crippen molar-refractivity contribution in [2.24, 2.45) is 5.92 Å². The lowest BCUT2D eigenvalue weighted by atomic mass is 9.98. The van der Waals surface area contributed by atoms with Crippen molar-refractivity contribution in [2.45, 2.75) is 19.4 Å². The van der Waals surface area contributed by atoms with Gasteiger partial charge in [-0.2, -0.15) is 13.9 Å². The first-order valence-electron chi connectivity index (χ1n) is 5.83. The number of aromatic nitrogens is 2. The van der Waals surface area contributed by atoms with Gasteiger partial charge in [-0.1, -0.05) is 0 Å². The molecule has 1 atom stereocenters. The molecule has 1 N–H and O–H groups in total. The number of aliphatic carboxylic acids is 1. The van der Waals surface area contributed by atoms with E-state index in [0.29, 0.717) is 24.1 Å². The van der Waals surface area contributed by atoms with E-state index in [1.165, 1.54) is 4.90 Å². The van der Waals surface area contributed by atoms with E-state index < -0.39 is 24.3 Å². The maximum absolute atomic E-state index is 12.4. The molecule has 2 heterocycles. The van der Waals surface area contributed by atoms with Crippen LogP contribution in [0.25, 0.3) is 0 Å². The van der Waals surface area contributed by atoms with Crippen LogP contribution in [0.1, 0.15) is 29.7 Å². The van der Waals surface area contributed by atoms with Crippen molar-refractivity contribution in [3.05, 3.63) is 18.0 Å². The average molecular weight is 273 g/mol. The van der Waals surface area contributed by atoms with Crippen LogP contribution < -0.4 is 0 Å². The zero-order valence-corrected chi connectivity index (χ0v) is 10.00. The Hall–Kier alpha value is -1.99. The fourth-order valence-corrected chi connectivity index (χ4v) is 2.10. The number of hydrogen-bond acceptors (Lipinski definition) is 3. The van der Waals surface area contributed by atoms with Gasteiger partial charge < -0.3 is 10.0 Å². The summed E-state index contributed by atoms with van der Waals surface area (Å²) in [6.07, 6.45) is 3.15. The van der Waals surface area contributed by atoms with Gasteiger partial charge in [0.05, 0.1) is 17.7 Å². The van der Waals surface area contributed by atoms with Gasteiger partial charge in [0.25, 0.3) is 5.91 Å². The van der Waals surface area contributed by atoms with Crippen LogP contribution in [0.5, 0.6) is 0 Å². The molecule has 0 radical (unpaired) electrons. The summed E-state index contributed by atoms with van der Waals surface area (Å²) in [5, 5.41) is 12.3. The van der Waals surface area contributed by atoms with E-state index in [9.17, 15) is 18.4 Å². The van der Waals surface area contributed by atoms with Crippen molar-refractivity contribution in [2.75, 3.05) is 13.1 Å². The molecule has 1 saturated heterocycles. The van der Waals surface area contributed by atoms with E-state index in [2.05, 4.69) is 5.10 Å². The first-order chi connectivity index (χ1) is 8.99. The van der Waals surface area contributed by atoms with E-state index in [1.54, 1.807) is 0 Å². The molecule has 1 fully saturated rings. The maximum atomic E-state index is 12.4. The standard InChI is InChI=1S/C11H13F2N3O3/c12-11(13)16-6-8(4-14-16)9(17)15-3-1-2-7(5-15)10(18)19/h4,6-7,11H,1-3,5H2,(H,18,19). The lowest BCUT2D eigenvalue weighted by Gasteiger charge is -2.30. The van der Waals surface area contributed by atoms with Crippen molar-refractivity contribution in [1.82, 2.24) is 14.7 Å². The fraction of sp³-hybridized carbons (Fsp3) is 0.545. The number of alkyl halides is 2. The molecule has 2 rings (SSSR count). The van der Waals surface area contributed by atoms with Crippen LogP contribution in [0.3, 0.4) is 0 Å². The second-order valence-corrected chi connectivity index (χ2v) is 4.42. The summed E-state index contributed by atoms with van der Waals surface area (Å²) in [6, 6.07) is 0. The van der Waals surface area contributed by atoms with Crippen LogP contribution in [0, 0.1) is 5.92 Å². The maximum Gasteiger partial charge on any atom is 0.333 e. The number of carboxylic acids is 1. The highest BCUT2D eigenvalue weighted by atomic mass is 19.3. The number of carbonyl (C=O) groups is 2. The van der Waals surface area contributed by atoms with Gasteiger partial charge in [-0.25, -0.2) is 4.68 Å². The summed E-state index contributed by atoms with van der Waals surface area (Å²) in [5.74, 6) is -2.00. The molecular weight excluding hydrogens is 260 g/mol. The fourth-order valence-electron chi connectivity index (χ4n) is 2.10. The molecule has 0 bridgehead atoms. The number of nitrogens with zero attached hydrogens (tertiary/aromatic N) is 3. The van der Waals surface area contributed by atoms with Gasteiger partial charge >= 0.3 is 12.5 Å². The Morgan fingerprint density at radius 3 is 2.79 bits per heavy atom. The molecule has 1 aromatic heterocycles. The molecule has 0 aliphatic carbocycles. The molecule has 19 heavy (non-hydrogen) atoms. The molecule has 0 aromatic carbocycles. The van der Waals surface area contributed by atoms with Crippen LogP contribution in [0.15, 0.2) is 12.4 Å². The van der Waals surface area contributed by atoms with Gasteiger partial charge in [0.1, 0.15) is 0 Å². The van der Waals surface area contributed by atoms with Gasteiger partial charge in [0, 0.05) is 19.3 Å². The summed E-state index contributed by atoms with van der Waals surface area (Å²) < 4.78 is 25.1. The van der Waals surface area contributed by atoms with Crippen LogP contribution in [-0.2, 0) is 4.79 Å². The third-order valence-corrected chi connectivity index (χ3v) is 3.11. The van der Waals surface area contributed by atoms with Gasteiger partial charge in [-0.15, -0.1) is 0 Å². The largest absolute Gasteiger partial charge is 0.481 e. The highest BCUT2D eigenvalue weighted by Crippen LogP contribution is 2.19. The van der Waals surface area contributed by atoms with Crippen molar-refractivity contribution >= 4 is 11.9 Å². The number of halogens is 2. The van der Waals surface area contributed by atoms with E-state index >= 15 is 0 Å². The monoisotopic (exact) mass is 273 g/mol. The number of likely N-dealkylation sites (tertiary alicyclic amines) is 1. The zero-order valence-electron chi connectivity index (χ0n) is 10.00.